The molecular weight excluding hydrogens is 492 g/mol. The minimum Gasteiger partial charge on any atom is -0.489 e. The van der Waals surface area contributed by atoms with Crippen LogP contribution in [0.1, 0.15) is 18.9 Å². The Balaban J connectivity index is 1.54. The van der Waals surface area contributed by atoms with Crippen molar-refractivity contribution >= 4 is 34.8 Å². The number of alkyl halides is 2. The number of nitrogens with zero attached hydrogens (tertiary/aromatic N) is 3. The predicted molar refractivity (Wildman–Crippen MR) is 124 cm³/mol. The summed E-state index contributed by atoms with van der Waals surface area (Å²) in [6.45, 7) is 0.397. The van der Waals surface area contributed by atoms with E-state index in [0.717, 1.165) is 6.92 Å². The molecule has 2 aromatic heterocycles. The summed E-state index contributed by atoms with van der Waals surface area (Å²) < 4.78 is 51.8. The average molecular weight is 511 g/mol. The van der Waals surface area contributed by atoms with Crippen LogP contribution in [0.15, 0.2) is 54.7 Å². The molecule has 4 rings (SSSR count). The molecule has 0 saturated carbocycles. The molecule has 2 heterocycles. The van der Waals surface area contributed by atoms with Crippen LogP contribution in [0, 0.1) is 5.82 Å². The van der Waals surface area contributed by atoms with Gasteiger partial charge in [-0.15, -0.1) is 5.10 Å². The fraction of sp³-hybridized carbons (Fsp3) is 0.217. The van der Waals surface area contributed by atoms with Gasteiger partial charge in [0.1, 0.15) is 0 Å². The Labute approximate surface area is 202 Å². The number of aromatic nitrogens is 3. The van der Waals surface area contributed by atoms with Gasteiger partial charge in [-0.3, -0.25) is 0 Å². The zero-order valence-corrected chi connectivity index (χ0v) is 19.3. The van der Waals surface area contributed by atoms with Crippen LogP contribution >= 0.6 is 23.2 Å². The van der Waals surface area contributed by atoms with Gasteiger partial charge in [-0.05, 0) is 54.4 Å². The van der Waals surface area contributed by atoms with Gasteiger partial charge < -0.3 is 15.6 Å². The largest absolute Gasteiger partial charge is 0.489 e. The number of fused-ring (bicyclic) bond motifs is 1. The lowest BCUT2D eigenvalue weighted by Crippen LogP contribution is -2.43. The van der Waals surface area contributed by atoms with E-state index in [1.165, 1.54) is 40.9 Å². The molecule has 0 aliphatic carbocycles. The third-order valence-corrected chi connectivity index (χ3v) is 6.04. The molecule has 0 fully saturated rings. The molecular formula is C23H19Cl2F3N4O2. The Morgan fingerprint density at radius 2 is 1.82 bits per heavy atom. The number of nitrogen functional groups attached to an aromatic ring is 1. The molecule has 0 spiro atoms. The quantitative estimate of drug-likeness (QED) is 0.331. The van der Waals surface area contributed by atoms with Crippen molar-refractivity contribution in [3.63, 3.8) is 0 Å². The van der Waals surface area contributed by atoms with Crippen LogP contribution in [0.2, 0.25) is 10.0 Å². The van der Waals surface area contributed by atoms with Crippen molar-refractivity contribution in [3.8, 4) is 16.9 Å². The molecule has 0 saturated heterocycles. The summed E-state index contributed by atoms with van der Waals surface area (Å²) in [5.74, 6) is -4.73. The minimum atomic E-state index is -3.60. The van der Waals surface area contributed by atoms with Gasteiger partial charge in [0.2, 0.25) is 5.95 Å². The first-order chi connectivity index (χ1) is 16.0. The molecule has 0 aliphatic heterocycles. The molecule has 11 heteroatoms. The van der Waals surface area contributed by atoms with Crippen LogP contribution in [0.25, 0.3) is 16.8 Å². The Bertz CT molecular complexity index is 1340. The van der Waals surface area contributed by atoms with Gasteiger partial charge in [-0.2, -0.15) is 4.98 Å². The predicted octanol–water partition coefficient (Wildman–Crippen LogP) is 5.74. The van der Waals surface area contributed by atoms with Gasteiger partial charge in [0.25, 0.3) is 5.92 Å². The van der Waals surface area contributed by atoms with Gasteiger partial charge >= 0.3 is 0 Å². The third kappa shape index (κ3) is 4.51. The molecule has 2 aromatic carbocycles. The van der Waals surface area contributed by atoms with E-state index in [-0.39, 0.29) is 27.8 Å². The molecule has 0 bridgehead atoms. The van der Waals surface area contributed by atoms with Gasteiger partial charge in [-0.1, -0.05) is 35.3 Å². The first-order valence-corrected chi connectivity index (χ1v) is 10.8. The topological polar surface area (TPSA) is 85.7 Å². The normalized spacial score (nSPS) is 13.7. The summed E-state index contributed by atoms with van der Waals surface area (Å²) in [4.78, 5) is 4.03. The smallest absolute Gasteiger partial charge is 0.283 e. The van der Waals surface area contributed by atoms with Gasteiger partial charge in [-0.25, -0.2) is 17.7 Å². The van der Waals surface area contributed by atoms with Gasteiger partial charge in [0, 0.05) is 23.2 Å². The first kappa shape index (κ1) is 24.1. The minimum absolute atomic E-state index is 0.0161. The summed E-state index contributed by atoms with van der Waals surface area (Å²) in [5.41, 5.74) is 4.03. The molecule has 34 heavy (non-hydrogen) atoms. The standard InChI is InChI=1S/C23H19Cl2F3N4O2/c1-22(33,14-2-4-15(24)5-3-14)23(27,28)9-11-34-20-17(25)7-6-16(19(20)26)13-8-10-32-18(12-13)30-21(29)31-32/h2-8,10,12,33H,9,11H2,1H3,(H2,29,31). The highest BCUT2D eigenvalue weighted by Crippen LogP contribution is 2.41. The number of hydrogen-bond donors (Lipinski definition) is 2. The maximum atomic E-state index is 15.3. The van der Waals surface area contributed by atoms with Crippen LogP contribution in [0.4, 0.5) is 19.1 Å². The van der Waals surface area contributed by atoms with E-state index < -0.39 is 30.4 Å². The van der Waals surface area contributed by atoms with Crippen molar-refractivity contribution in [1.82, 2.24) is 14.6 Å². The Kier molecular flexibility index (Phi) is 6.37. The number of aliphatic hydroxyl groups is 1. The maximum Gasteiger partial charge on any atom is 0.283 e. The van der Waals surface area contributed by atoms with E-state index in [1.54, 1.807) is 18.3 Å². The number of rotatable bonds is 7. The van der Waals surface area contributed by atoms with Crippen molar-refractivity contribution in [3.05, 3.63) is 76.2 Å². The fourth-order valence-corrected chi connectivity index (χ4v) is 3.79. The molecule has 3 N–H and O–H groups in total. The van der Waals surface area contributed by atoms with Crippen LogP contribution in [-0.4, -0.2) is 32.2 Å². The van der Waals surface area contributed by atoms with Crippen LogP contribution < -0.4 is 10.5 Å². The second kappa shape index (κ2) is 8.98. The number of ether oxygens (including phenoxy) is 1. The third-order valence-electron chi connectivity index (χ3n) is 5.49. The molecule has 178 valence electrons. The summed E-state index contributed by atoms with van der Waals surface area (Å²) in [7, 11) is 0. The fourth-order valence-electron chi connectivity index (χ4n) is 3.46. The van der Waals surface area contributed by atoms with E-state index in [9.17, 15) is 13.9 Å². The lowest BCUT2D eigenvalue weighted by atomic mass is 9.87. The summed E-state index contributed by atoms with van der Waals surface area (Å²) in [5, 5.41) is 14.7. The number of nitrogens with two attached hydrogens (primary N) is 1. The Morgan fingerprint density at radius 1 is 1.12 bits per heavy atom. The number of halogens is 5. The molecule has 0 amide bonds. The zero-order valence-electron chi connectivity index (χ0n) is 17.8. The van der Waals surface area contributed by atoms with E-state index >= 15 is 4.39 Å². The van der Waals surface area contributed by atoms with E-state index in [2.05, 4.69) is 10.1 Å². The lowest BCUT2D eigenvalue weighted by molar-refractivity contribution is -0.184. The summed E-state index contributed by atoms with van der Waals surface area (Å²) >= 11 is 11.9. The van der Waals surface area contributed by atoms with Crippen LogP contribution in [0.3, 0.4) is 0 Å². The number of pyridine rings is 1. The average Bonchev–Trinajstić information content (AvgIpc) is 3.15. The van der Waals surface area contributed by atoms with Crippen molar-refractivity contribution in [1.29, 1.82) is 0 Å². The van der Waals surface area contributed by atoms with E-state index in [4.69, 9.17) is 33.7 Å². The second-order valence-corrected chi connectivity index (χ2v) is 8.65. The highest BCUT2D eigenvalue weighted by molar-refractivity contribution is 6.32. The monoisotopic (exact) mass is 510 g/mol. The van der Waals surface area contributed by atoms with Gasteiger partial charge in [0.15, 0.2) is 22.8 Å². The van der Waals surface area contributed by atoms with Gasteiger partial charge in [0.05, 0.1) is 11.6 Å². The molecule has 4 aromatic rings. The second-order valence-electron chi connectivity index (χ2n) is 7.81. The lowest BCUT2D eigenvalue weighted by Gasteiger charge is -2.33. The van der Waals surface area contributed by atoms with E-state index in [1.807, 2.05) is 0 Å². The molecule has 6 nitrogen and oxygen atoms in total. The van der Waals surface area contributed by atoms with Crippen molar-refractivity contribution in [2.45, 2.75) is 24.9 Å². The summed E-state index contributed by atoms with van der Waals surface area (Å²) in [6.07, 6.45) is 0.662. The number of hydrogen-bond acceptors (Lipinski definition) is 5. The highest BCUT2D eigenvalue weighted by Gasteiger charge is 2.49. The van der Waals surface area contributed by atoms with Crippen molar-refractivity contribution < 1.29 is 23.0 Å². The highest BCUT2D eigenvalue weighted by atomic mass is 35.5. The number of anilines is 1. The molecule has 0 radical (unpaired) electrons. The van der Waals surface area contributed by atoms with Crippen molar-refractivity contribution in [2.24, 2.45) is 0 Å². The molecule has 1 unspecified atom stereocenters. The van der Waals surface area contributed by atoms with E-state index in [0.29, 0.717) is 16.2 Å². The SMILES string of the molecule is CC(O)(c1ccc(Cl)cc1)C(F)(F)CCOc1c(Cl)ccc(-c2ccn3nc(N)nc3c2)c1F. The summed E-state index contributed by atoms with van der Waals surface area (Å²) in [6, 6.07) is 11.4. The first-order valence-electron chi connectivity index (χ1n) is 10.1. The Hall–Kier alpha value is -3.01. The van der Waals surface area contributed by atoms with Crippen LogP contribution in [-0.2, 0) is 5.60 Å². The molecule has 1 atom stereocenters. The molecule has 0 aliphatic rings. The van der Waals surface area contributed by atoms with Crippen LogP contribution in [0.5, 0.6) is 5.75 Å². The van der Waals surface area contributed by atoms with Crippen molar-refractivity contribution in [2.75, 3.05) is 12.3 Å². The Morgan fingerprint density at radius 3 is 2.53 bits per heavy atom. The zero-order chi connectivity index (χ0) is 24.7. The maximum absolute atomic E-state index is 15.3. The number of benzene rings is 2.